The number of nitrogens with zero attached hydrogens (tertiary/aromatic N) is 1. The van der Waals surface area contributed by atoms with E-state index in [1.807, 2.05) is 19.1 Å². The Morgan fingerprint density at radius 3 is 2.63 bits per heavy atom. The molecule has 0 fully saturated rings. The Morgan fingerprint density at radius 2 is 1.94 bits per heavy atom. The molecule has 1 aromatic heterocycles. The molecule has 2 aromatic rings. The van der Waals surface area contributed by atoms with Gasteiger partial charge in [0.25, 0.3) is 10.0 Å². The number of ketones is 1. The number of hydrogen-bond acceptors (Lipinski definition) is 8. The molecule has 2 heterocycles. The zero-order valence-electron chi connectivity index (χ0n) is 20.5. The number of fused-ring (bicyclic) bond motifs is 2. The maximum atomic E-state index is 14.0. The number of methoxy groups -OCH3 is 1. The van der Waals surface area contributed by atoms with Gasteiger partial charge in [-0.1, -0.05) is 45.0 Å². The summed E-state index contributed by atoms with van der Waals surface area (Å²) < 4.78 is 40.5. The average molecular weight is 519 g/mol. The SMILES string of the molecule is COCOCc1csc2c1S(=O)(=O)N=C(C1=C(O)c3ccccc3[C@](C)(CCC(C)(C)C)C1=O)N2. The van der Waals surface area contributed by atoms with E-state index in [0.717, 1.165) is 12.0 Å². The van der Waals surface area contributed by atoms with Gasteiger partial charge >= 0.3 is 0 Å². The highest BCUT2D eigenvalue weighted by Crippen LogP contribution is 2.46. The fraction of sp³-hybridized carbons (Fsp3) is 0.440. The molecule has 1 atom stereocenters. The first-order valence-corrected chi connectivity index (χ1v) is 13.6. The van der Waals surface area contributed by atoms with Crippen molar-refractivity contribution in [3.05, 3.63) is 51.9 Å². The summed E-state index contributed by atoms with van der Waals surface area (Å²) in [6, 6.07) is 7.21. The number of thiophene rings is 1. The third kappa shape index (κ3) is 4.67. The van der Waals surface area contributed by atoms with Crippen molar-refractivity contribution >= 4 is 43.7 Å². The first kappa shape index (κ1) is 25.6. The van der Waals surface area contributed by atoms with Crippen molar-refractivity contribution in [2.75, 3.05) is 19.2 Å². The third-order valence-electron chi connectivity index (χ3n) is 6.33. The summed E-state index contributed by atoms with van der Waals surface area (Å²) in [7, 11) is -2.67. The number of anilines is 1. The number of aliphatic hydroxyl groups is 1. The molecule has 8 nitrogen and oxygen atoms in total. The number of Topliss-reactive ketones (excluding diaryl/α,β-unsaturated/α-hetero) is 1. The lowest BCUT2D eigenvalue weighted by Gasteiger charge is -2.37. The smallest absolute Gasteiger partial charge is 0.287 e. The summed E-state index contributed by atoms with van der Waals surface area (Å²) in [4.78, 5) is 14.0. The van der Waals surface area contributed by atoms with E-state index in [0.29, 0.717) is 22.5 Å². The van der Waals surface area contributed by atoms with Gasteiger partial charge in [-0.25, -0.2) is 0 Å². The molecule has 0 saturated carbocycles. The van der Waals surface area contributed by atoms with E-state index < -0.39 is 15.4 Å². The van der Waals surface area contributed by atoms with Crippen LogP contribution in [-0.2, 0) is 36.3 Å². The molecule has 1 aliphatic carbocycles. The van der Waals surface area contributed by atoms with Gasteiger partial charge in [0, 0.05) is 18.2 Å². The number of benzene rings is 1. The molecule has 0 unspecified atom stereocenters. The predicted octanol–water partition coefficient (Wildman–Crippen LogP) is 5.02. The van der Waals surface area contributed by atoms with Crippen LogP contribution in [0.3, 0.4) is 0 Å². The number of rotatable bonds is 7. The summed E-state index contributed by atoms with van der Waals surface area (Å²) >= 11 is 1.17. The fourth-order valence-corrected chi connectivity index (χ4v) is 6.97. The summed E-state index contributed by atoms with van der Waals surface area (Å²) in [5.74, 6) is -0.797. The Hall–Kier alpha value is -2.53. The van der Waals surface area contributed by atoms with Gasteiger partial charge in [0.1, 0.15) is 28.0 Å². The first-order valence-electron chi connectivity index (χ1n) is 11.3. The summed E-state index contributed by atoms with van der Waals surface area (Å²) in [5, 5.41) is 16.2. The van der Waals surface area contributed by atoms with Gasteiger partial charge in [-0.15, -0.1) is 15.7 Å². The zero-order valence-corrected chi connectivity index (χ0v) is 22.1. The molecular weight excluding hydrogens is 488 g/mol. The second-order valence-corrected chi connectivity index (χ2v) is 12.6. The highest BCUT2D eigenvalue weighted by atomic mass is 32.2. The van der Waals surface area contributed by atoms with E-state index in [-0.39, 0.29) is 46.7 Å². The molecular formula is C25H30N2O6S2. The van der Waals surface area contributed by atoms with Crippen molar-refractivity contribution in [1.82, 2.24) is 0 Å². The van der Waals surface area contributed by atoms with Crippen LogP contribution in [0.4, 0.5) is 5.00 Å². The van der Waals surface area contributed by atoms with Crippen LogP contribution in [-0.4, -0.2) is 39.0 Å². The quantitative estimate of drug-likeness (QED) is 0.391. The normalized spacial score (nSPS) is 21.3. The fourth-order valence-electron chi connectivity index (χ4n) is 4.39. The van der Waals surface area contributed by atoms with Gasteiger partial charge in [-0.3, -0.25) is 4.79 Å². The molecule has 1 aliphatic heterocycles. The van der Waals surface area contributed by atoms with Crippen molar-refractivity contribution in [2.24, 2.45) is 9.81 Å². The van der Waals surface area contributed by atoms with E-state index >= 15 is 0 Å². The topological polar surface area (TPSA) is 114 Å². The molecule has 2 aliphatic rings. The Labute approximate surface area is 209 Å². The standard InChI is InChI=1S/C25H30N2O6S2/c1-24(2,3)10-11-25(4)17-9-7-6-8-16(17)19(28)18(21(25)29)22-26-23-20(35(30,31)27-22)15(13-34-23)12-33-14-32-5/h6-9,13,28H,10-12,14H2,1-5H3,(H,26,27)/t25-/m0/s1. The largest absolute Gasteiger partial charge is 0.506 e. The van der Waals surface area contributed by atoms with Crippen LogP contribution in [0, 0.1) is 5.41 Å². The van der Waals surface area contributed by atoms with E-state index in [1.165, 1.54) is 18.4 Å². The number of nitrogens with one attached hydrogen (secondary N) is 1. The minimum atomic E-state index is -4.14. The minimum Gasteiger partial charge on any atom is -0.506 e. The summed E-state index contributed by atoms with van der Waals surface area (Å²) in [6.45, 7) is 8.23. The second-order valence-electron chi connectivity index (χ2n) is 10.2. The molecule has 2 N–H and O–H groups in total. The number of carbonyl (C=O) groups excluding carboxylic acids is 1. The van der Waals surface area contributed by atoms with Crippen molar-refractivity contribution < 1.29 is 27.8 Å². The molecule has 1 aromatic carbocycles. The van der Waals surface area contributed by atoms with Gasteiger partial charge in [0.05, 0.1) is 12.0 Å². The molecule has 0 amide bonds. The molecule has 4 rings (SSSR count). The van der Waals surface area contributed by atoms with Crippen LogP contribution in [0.1, 0.15) is 57.2 Å². The van der Waals surface area contributed by atoms with Crippen LogP contribution < -0.4 is 5.32 Å². The Balaban J connectivity index is 1.79. The predicted molar refractivity (Wildman–Crippen MR) is 136 cm³/mol. The van der Waals surface area contributed by atoms with Gasteiger partial charge in [0.2, 0.25) is 0 Å². The number of aliphatic hydroxyl groups excluding tert-OH is 1. The molecule has 10 heteroatoms. The van der Waals surface area contributed by atoms with Crippen LogP contribution in [0.25, 0.3) is 5.76 Å². The van der Waals surface area contributed by atoms with Crippen LogP contribution >= 0.6 is 11.3 Å². The Bertz CT molecular complexity index is 1330. The van der Waals surface area contributed by atoms with Crippen molar-refractivity contribution in [3.8, 4) is 0 Å². The van der Waals surface area contributed by atoms with Crippen molar-refractivity contribution in [3.63, 3.8) is 0 Å². The van der Waals surface area contributed by atoms with Gasteiger partial charge in [-0.2, -0.15) is 8.42 Å². The van der Waals surface area contributed by atoms with Crippen LogP contribution in [0.5, 0.6) is 0 Å². The van der Waals surface area contributed by atoms with Gasteiger partial charge in [0.15, 0.2) is 11.6 Å². The number of sulfonamides is 1. The number of amidine groups is 1. The minimum absolute atomic E-state index is 0.0152. The monoisotopic (exact) mass is 518 g/mol. The van der Waals surface area contributed by atoms with E-state index in [1.54, 1.807) is 17.5 Å². The lowest BCUT2D eigenvalue weighted by atomic mass is 9.65. The van der Waals surface area contributed by atoms with E-state index in [9.17, 15) is 18.3 Å². The third-order valence-corrected chi connectivity index (χ3v) is 8.81. The van der Waals surface area contributed by atoms with Crippen LogP contribution in [0.2, 0.25) is 0 Å². The van der Waals surface area contributed by atoms with Crippen LogP contribution in [0.15, 0.2) is 44.5 Å². The number of ether oxygens (including phenoxy) is 2. The summed E-state index contributed by atoms with van der Waals surface area (Å²) in [6.07, 6.45) is 1.30. The van der Waals surface area contributed by atoms with E-state index in [2.05, 4.69) is 30.5 Å². The maximum absolute atomic E-state index is 14.0. The van der Waals surface area contributed by atoms with E-state index in [4.69, 9.17) is 9.47 Å². The molecule has 0 saturated heterocycles. The molecule has 0 spiro atoms. The lowest BCUT2D eigenvalue weighted by Crippen LogP contribution is -2.42. The molecule has 0 radical (unpaired) electrons. The second kappa shape index (κ2) is 9.16. The van der Waals surface area contributed by atoms with Gasteiger partial charge < -0.3 is 19.9 Å². The summed E-state index contributed by atoms with van der Waals surface area (Å²) in [5.41, 5.74) is 0.605. The Kier molecular flexibility index (Phi) is 6.69. The molecule has 35 heavy (non-hydrogen) atoms. The van der Waals surface area contributed by atoms with Crippen molar-refractivity contribution in [2.45, 2.75) is 57.5 Å². The Morgan fingerprint density at radius 1 is 1.23 bits per heavy atom. The maximum Gasteiger partial charge on any atom is 0.287 e. The molecule has 188 valence electrons. The highest BCUT2D eigenvalue weighted by Gasteiger charge is 2.47. The van der Waals surface area contributed by atoms with Gasteiger partial charge in [-0.05, 0) is 36.1 Å². The van der Waals surface area contributed by atoms with Crippen molar-refractivity contribution in [1.29, 1.82) is 0 Å². The highest BCUT2D eigenvalue weighted by molar-refractivity contribution is 7.90. The average Bonchev–Trinajstić information content (AvgIpc) is 3.20. The molecule has 0 bridgehead atoms. The lowest BCUT2D eigenvalue weighted by molar-refractivity contribution is -0.120. The zero-order chi connectivity index (χ0) is 25.6. The first-order chi connectivity index (χ1) is 16.4. The number of carbonyl (C=O) groups is 1. The number of hydrogen-bond donors (Lipinski definition) is 2.